The molecule has 1 aromatic rings. The fraction of sp³-hybridized carbons (Fsp3) is 0.571. The van der Waals surface area contributed by atoms with Crippen LogP contribution in [-0.2, 0) is 11.8 Å². The van der Waals surface area contributed by atoms with Crippen molar-refractivity contribution in [2.75, 3.05) is 11.9 Å². The molecule has 0 aliphatic heterocycles. The molecule has 0 unspecified atom stereocenters. The van der Waals surface area contributed by atoms with E-state index in [2.05, 4.69) is 5.32 Å². The van der Waals surface area contributed by atoms with Crippen LogP contribution in [0.1, 0.15) is 25.7 Å². The highest BCUT2D eigenvalue weighted by Gasteiger charge is 2.25. The number of nitrogens with two attached hydrogens (primary N) is 1. The first-order valence-corrected chi connectivity index (χ1v) is 6.77. The van der Waals surface area contributed by atoms with Gasteiger partial charge in [-0.1, -0.05) is 0 Å². The summed E-state index contributed by atoms with van der Waals surface area (Å²) in [7, 11) is 1.67. The zero-order valence-corrected chi connectivity index (χ0v) is 11.3. The summed E-state index contributed by atoms with van der Waals surface area (Å²) in [5, 5.41) is 2.88. The molecule has 1 aliphatic carbocycles. The molecule has 0 radical (unpaired) electrons. The molecule has 2 rings (SSSR count). The second-order valence-electron chi connectivity index (χ2n) is 5.31. The Morgan fingerprint density at radius 1 is 1.37 bits per heavy atom. The van der Waals surface area contributed by atoms with Crippen molar-refractivity contribution in [1.29, 1.82) is 0 Å². The summed E-state index contributed by atoms with van der Waals surface area (Å²) in [6.07, 6.45) is 5.51. The molecule has 3 N–H and O–H groups in total. The average Bonchev–Trinajstić information content (AvgIpc) is 2.43. The molecule has 1 fully saturated rings. The van der Waals surface area contributed by atoms with Crippen LogP contribution in [0.25, 0.3) is 0 Å². The fourth-order valence-electron chi connectivity index (χ4n) is 2.57. The van der Waals surface area contributed by atoms with Gasteiger partial charge in [0.1, 0.15) is 0 Å². The van der Waals surface area contributed by atoms with Crippen molar-refractivity contribution in [2.45, 2.75) is 25.7 Å². The average molecular weight is 263 g/mol. The normalized spacial score (nSPS) is 23.1. The third kappa shape index (κ3) is 3.44. The molecule has 5 heteroatoms. The molecule has 1 saturated carbocycles. The molecule has 19 heavy (non-hydrogen) atoms. The highest BCUT2D eigenvalue weighted by atomic mass is 16.2. The van der Waals surface area contributed by atoms with Crippen molar-refractivity contribution in [1.82, 2.24) is 4.57 Å². The van der Waals surface area contributed by atoms with Gasteiger partial charge in [-0.15, -0.1) is 0 Å². The molecule has 0 bridgehead atoms. The maximum Gasteiger partial charge on any atom is 0.250 e. The van der Waals surface area contributed by atoms with Gasteiger partial charge in [-0.2, -0.15) is 0 Å². The van der Waals surface area contributed by atoms with Gasteiger partial charge in [-0.05, 0) is 44.2 Å². The smallest absolute Gasteiger partial charge is 0.250 e. The number of nitrogens with one attached hydrogen (secondary N) is 1. The van der Waals surface area contributed by atoms with Crippen molar-refractivity contribution in [3.8, 4) is 0 Å². The largest absolute Gasteiger partial charge is 0.330 e. The van der Waals surface area contributed by atoms with E-state index in [-0.39, 0.29) is 17.4 Å². The van der Waals surface area contributed by atoms with Crippen LogP contribution >= 0.6 is 0 Å². The van der Waals surface area contributed by atoms with Crippen LogP contribution in [-0.4, -0.2) is 17.0 Å². The van der Waals surface area contributed by atoms with Crippen molar-refractivity contribution < 1.29 is 4.79 Å². The summed E-state index contributed by atoms with van der Waals surface area (Å²) in [6, 6.07) is 3.10. The van der Waals surface area contributed by atoms with E-state index in [1.54, 1.807) is 19.3 Å². The minimum atomic E-state index is -0.0820. The predicted molar refractivity (Wildman–Crippen MR) is 74.8 cm³/mol. The van der Waals surface area contributed by atoms with Crippen molar-refractivity contribution in [2.24, 2.45) is 24.6 Å². The number of carbonyl (C=O) groups excluding carboxylic acids is 1. The molecule has 1 heterocycles. The molecule has 104 valence electrons. The van der Waals surface area contributed by atoms with Gasteiger partial charge < -0.3 is 15.6 Å². The second kappa shape index (κ2) is 6.02. The van der Waals surface area contributed by atoms with Crippen LogP contribution in [0.2, 0.25) is 0 Å². The lowest BCUT2D eigenvalue weighted by Crippen LogP contribution is -2.29. The molecule has 0 atom stereocenters. The fourth-order valence-corrected chi connectivity index (χ4v) is 2.57. The first-order chi connectivity index (χ1) is 9.10. The van der Waals surface area contributed by atoms with Crippen LogP contribution < -0.4 is 16.6 Å². The van der Waals surface area contributed by atoms with Gasteiger partial charge in [0.25, 0.3) is 0 Å². The summed E-state index contributed by atoms with van der Waals surface area (Å²) >= 11 is 0. The summed E-state index contributed by atoms with van der Waals surface area (Å²) in [4.78, 5) is 23.4. The minimum absolute atomic E-state index is 0.0501. The quantitative estimate of drug-likeness (QED) is 0.857. The van der Waals surface area contributed by atoms with E-state index in [9.17, 15) is 9.59 Å². The lowest BCUT2D eigenvalue weighted by Gasteiger charge is -2.26. The second-order valence-corrected chi connectivity index (χ2v) is 5.31. The number of rotatable bonds is 3. The Balaban J connectivity index is 1.94. The van der Waals surface area contributed by atoms with Crippen molar-refractivity contribution >= 4 is 11.6 Å². The lowest BCUT2D eigenvalue weighted by molar-refractivity contribution is -0.121. The van der Waals surface area contributed by atoms with E-state index < -0.39 is 0 Å². The van der Waals surface area contributed by atoms with E-state index >= 15 is 0 Å². The van der Waals surface area contributed by atoms with Gasteiger partial charge in [0.2, 0.25) is 11.5 Å². The summed E-state index contributed by atoms with van der Waals surface area (Å²) in [6.45, 7) is 0.717. The Hall–Kier alpha value is -1.62. The van der Waals surface area contributed by atoms with Gasteiger partial charge >= 0.3 is 0 Å². The van der Waals surface area contributed by atoms with Gasteiger partial charge in [-0.3, -0.25) is 9.59 Å². The number of aryl methyl sites for hydroxylation is 1. The van der Waals surface area contributed by atoms with Crippen LogP contribution in [0.15, 0.2) is 23.1 Å². The van der Waals surface area contributed by atoms with Gasteiger partial charge in [-0.25, -0.2) is 0 Å². The van der Waals surface area contributed by atoms with Gasteiger partial charge in [0.05, 0.1) is 5.69 Å². The van der Waals surface area contributed by atoms with E-state index in [4.69, 9.17) is 5.73 Å². The number of amides is 1. The molecule has 0 spiro atoms. The Kier molecular flexibility index (Phi) is 4.37. The van der Waals surface area contributed by atoms with E-state index in [0.717, 1.165) is 32.2 Å². The van der Waals surface area contributed by atoms with Crippen LogP contribution in [0.5, 0.6) is 0 Å². The molecule has 0 saturated heterocycles. The number of carbonyl (C=O) groups is 1. The predicted octanol–water partition coefficient (Wildman–Crippen LogP) is 1.09. The molecular formula is C14H21N3O2. The van der Waals surface area contributed by atoms with E-state index in [0.29, 0.717) is 11.6 Å². The zero-order chi connectivity index (χ0) is 13.8. The lowest BCUT2D eigenvalue weighted by atomic mass is 9.81. The third-order valence-corrected chi connectivity index (χ3v) is 3.90. The molecule has 1 aromatic heterocycles. The maximum atomic E-state index is 12.1. The third-order valence-electron chi connectivity index (χ3n) is 3.90. The SMILES string of the molecule is Cn1cc(NC(=O)C2CCC(CN)CC2)ccc1=O. The Labute approximate surface area is 112 Å². The summed E-state index contributed by atoms with van der Waals surface area (Å²) in [5.41, 5.74) is 6.24. The monoisotopic (exact) mass is 263 g/mol. The zero-order valence-electron chi connectivity index (χ0n) is 11.3. The molecular weight excluding hydrogens is 242 g/mol. The highest BCUT2D eigenvalue weighted by molar-refractivity contribution is 5.92. The maximum absolute atomic E-state index is 12.1. The Bertz CT molecular complexity index is 502. The van der Waals surface area contributed by atoms with Crippen LogP contribution in [0.4, 0.5) is 5.69 Å². The summed E-state index contributed by atoms with van der Waals surface area (Å²) in [5.74, 6) is 0.691. The van der Waals surface area contributed by atoms with Crippen LogP contribution in [0, 0.1) is 11.8 Å². The molecule has 1 amide bonds. The van der Waals surface area contributed by atoms with E-state index in [1.807, 2.05) is 0 Å². The number of hydrogen-bond acceptors (Lipinski definition) is 3. The number of hydrogen-bond donors (Lipinski definition) is 2. The molecule has 0 aromatic carbocycles. The van der Waals surface area contributed by atoms with Crippen molar-refractivity contribution in [3.63, 3.8) is 0 Å². The standard InChI is InChI=1S/C14H21N3O2/c1-17-9-12(6-7-13(17)18)16-14(19)11-4-2-10(8-15)3-5-11/h6-7,9-11H,2-5,8,15H2,1H3,(H,16,19). The topological polar surface area (TPSA) is 77.1 Å². The first kappa shape index (κ1) is 13.8. The van der Waals surface area contributed by atoms with Gasteiger partial charge in [0.15, 0.2) is 0 Å². The van der Waals surface area contributed by atoms with Gasteiger partial charge in [0, 0.05) is 25.2 Å². The Morgan fingerprint density at radius 3 is 2.63 bits per heavy atom. The highest BCUT2D eigenvalue weighted by Crippen LogP contribution is 2.28. The number of aromatic nitrogens is 1. The first-order valence-electron chi connectivity index (χ1n) is 6.77. The number of pyridine rings is 1. The van der Waals surface area contributed by atoms with Crippen molar-refractivity contribution in [3.05, 3.63) is 28.7 Å². The number of anilines is 1. The summed E-state index contributed by atoms with van der Waals surface area (Å²) < 4.78 is 1.46. The molecule has 5 nitrogen and oxygen atoms in total. The Morgan fingerprint density at radius 2 is 2.05 bits per heavy atom. The van der Waals surface area contributed by atoms with Crippen LogP contribution in [0.3, 0.4) is 0 Å². The number of nitrogens with zero attached hydrogens (tertiary/aromatic N) is 1. The molecule has 1 aliphatic rings. The minimum Gasteiger partial charge on any atom is -0.330 e. The van der Waals surface area contributed by atoms with E-state index in [1.165, 1.54) is 10.6 Å².